The maximum absolute atomic E-state index is 5.75. The highest BCUT2D eigenvalue weighted by molar-refractivity contribution is 7.80. The summed E-state index contributed by atoms with van der Waals surface area (Å²) in [6.07, 6.45) is 2.64. The molecule has 3 heteroatoms. The van der Waals surface area contributed by atoms with Crippen LogP contribution in [0, 0.1) is 12.8 Å². The average molecular weight is 324 g/mol. The molecule has 0 unspecified atom stereocenters. The Balaban J connectivity index is 1.77. The number of benzene rings is 2. The lowest BCUT2D eigenvalue weighted by atomic mass is 10.1. The van der Waals surface area contributed by atoms with Gasteiger partial charge in [-0.3, -0.25) is 0 Å². The Labute approximate surface area is 144 Å². The van der Waals surface area contributed by atoms with Gasteiger partial charge >= 0.3 is 0 Å². The summed E-state index contributed by atoms with van der Waals surface area (Å²) >= 11 is 5.75. The summed E-state index contributed by atoms with van der Waals surface area (Å²) in [5, 5.41) is 4.27. The number of rotatable bonds is 5. The molecule has 0 radical (unpaired) electrons. The molecule has 23 heavy (non-hydrogen) atoms. The smallest absolute Gasteiger partial charge is 0.173 e. The summed E-state index contributed by atoms with van der Waals surface area (Å²) < 4.78 is 0. The fourth-order valence-corrected chi connectivity index (χ4v) is 3.25. The van der Waals surface area contributed by atoms with Gasteiger partial charge in [0.1, 0.15) is 0 Å². The van der Waals surface area contributed by atoms with E-state index in [-0.39, 0.29) is 0 Å². The van der Waals surface area contributed by atoms with Crippen molar-refractivity contribution < 1.29 is 0 Å². The van der Waals surface area contributed by atoms with Crippen LogP contribution in [0.15, 0.2) is 54.6 Å². The zero-order chi connectivity index (χ0) is 16.2. The molecule has 1 aliphatic carbocycles. The number of nitrogens with zero attached hydrogens (tertiary/aromatic N) is 1. The molecule has 1 aliphatic rings. The molecule has 0 bridgehead atoms. The Hall–Kier alpha value is -1.87. The van der Waals surface area contributed by atoms with E-state index < -0.39 is 0 Å². The number of para-hydroxylation sites is 1. The van der Waals surface area contributed by atoms with Crippen molar-refractivity contribution in [3.8, 4) is 0 Å². The van der Waals surface area contributed by atoms with E-state index in [4.69, 9.17) is 12.2 Å². The van der Waals surface area contributed by atoms with Crippen LogP contribution in [0.1, 0.15) is 30.9 Å². The Morgan fingerprint density at radius 1 is 1.13 bits per heavy atom. The predicted molar refractivity (Wildman–Crippen MR) is 102 cm³/mol. The van der Waals surface area contributed by atoms with E-state index in [1.165, 1.54) is 24.0 Å². The van der Waals surface area contributed by atoms with Gasteiger partial charge in [0.25, 0.3) is 0 Å². The maximum atomic E-state index is 5.75. The Bertz CT molecular complexity index is 664. The molecule has 1 fully saturated rings. The molecule has 0 saturated heterocycles. The number of aryl methyl sites for hydroxylation is 1. The lowest BCUT2D eigenvalue weighted by molar-refractivity contribution is 0.298. The summed E-state index contributed by atoms with van der Waals surface area (Å²) in [5.74, 6) is 0.773. The minimum Gasteiger partial charge on any atom is -0.342 e. The molecule has 0 aromatic heterocycles. The first-order chi connectivity index (χ1) is 11.1. The lowest BCUT2D eigenvalue weighted by Crippen LogP contribution is -2.42. The second-order valence-corrected chi connectivity index (χ2v) is 6.82. The summed E-state index contributed by atoms with van der Waals surface area (Å²) in [7, 11) is 0. The largest absolute Gasteiger partial charge is 0.342 e. The van der Waals surface area contributed by atoms with Gasteiger partial charge in [-0.15, -0.1) is 0 Å². The van der Waals surface area contributed by atoms with Gasteiger partial charge in [0.2, 0.25) is 0 Å². The highest BCUT2D eigenvalue weighted by Gasteiger charge is 2.33. The second kappa shape index (κ2) is 7.14. The van der Waals surface area contributed by atoms with Crippen LogP contribution in [0.3, 0.4) is 0 Å². The van der Waals surface area contributed by atoms with E-state index in [0.29, 0.717) is 6.04 Å². The third-order valence-corrected chi connectivity index (χ3v) is 4.98. The Morgan fingerprint density at radius 2 is 1.78 bits per heavy atom. The SMILES string of the molecule is Cc1ccccc1NC(=S)N(Cc1ccccc1)[C@@H](C)C1CC1. The van der Waals surface area contributed by atoms with Crippen LogP contribution < -0.4 is 5.32 Å². The third kappa shape index (κ3) is 4.11. The molecule has 2 aromatic rings. The van der Waals surface area contributed by atoms with Gasteiger partial charge in [-0.05, 0) is 62.0 Å². The van der Waals surface area contributed by atoms with Crippen molar-refractivity contribution >= 4 is 23.0 Å². The zero-order valence-corrected chi connectivity index (χ0v) is 14.6. The Morgan fingerprint density at radius 3 is 2.43 bits per heavy atom. The molecule has 1 atom stereocenters. The quantitative estimate of drug-likeness (QED) is 0.780. The van der Waals surface area contributed by atoms with E-state index >= 15 is 0 Å². The number of hydrogen-bond acceptors (Lipinski definition) is 1. The molecule has 2 nitrogen and oxygen atoms in total. The first-order valence-electron chi connectivity index (χ1n) is 8.32. The van der Waals surface area contributed by atoms with Crippen LogP contribution in [-0.4, -0.2) is 16.1 Å². The van der Waals surface area contributed by atoms with Crippen LogP contribution in [0.4, 0.5) is 5.69 Å². The van der Waals surface area contributed by atoms with Crippen LogP contribution in [0.2, 0.25) is 0 Å². The summed E-state index contributed by atoms with van der Waals surface area (Å²) in [4.78, 5) is 2.34. The van der Waals surface area contributed by atoms with E-state index in [9.17, 15) is 0 Å². The van der Waals surface area contributed by atoms with Crippen molar-refractivity contribution in [2.75, 3.05) is 5.32 Å². The minimum atomic E-state index is 0.472. The van der Waals surface area contributed by atoms with Crippen molar-refractivity contribution in [2.24, 2.45) is 5.92 Å². The summed E-state index contributed by atoms with van der Waals surface area (Å²) in [6, 6.07) is 19.3. The molecule has 0 amide bonds. The summed E-state index contributed by atoms with van der Waals surface area (Å²) in [5.41, 5.74) is 3.61. The fourth-order valence-electron chi connectivity index (χ4n) is 2.91. The van der Waals surface area contributed by atoms with Gasteiger partial charge in [0.15, 0.2) is 5.11 Å². The first kappa shape index (κ1) is 16.0. The van der Waals surface area contributed by atoms with Crippen molar-refractivity contribution in [2.45, 2.75) is 39.3 Å². The van der Waals surface area contributed by atoms with Gasteiger partial charge in [-0.1, -0.05) is 48.5 Å². The van der Waals surface area contributed by atoms with Crippen molar-refractivity contribution in [1.29, 1.82) is 0 Å². The molecule has 120 valence electrons. The average Bonchev–Trinajstić information content (AvgIpc) is 3.40. The third-order valence-electron chi connectivity index (χ3n) is 4.64. The van der Waals surface area contributed by atoms with Gasteiger partial charge in [0, 0.05) is 18.3 Å². The van der Waals surface area contributed by atoms with Crippen LogP contribution >= 0.6 is 12.2 Å². The lowest BCUT2D eigenvalue weighted by Gasteiger charge is -2.32. The van der Waals surface area contributed by atoms with Gasteiger partial charge < -0.3 is 10.2 Å². The number of anilines is 1. The molecule has 0 spiro atoms. The predicted octanol–water partition coefficient (Wildman–Crippen LogP) is 4.99. The standard InChI is InChI=1S/C20H24N2S/c1-15-8-6-7-11-19(15)21-20(23)22(16(2)18-12-13-18)14-17-9-4-3-5-10-17/h3-11,16,18H,12-14H2,1-2H3,(H,21,23)/t16-/m0/s1. The van der Waals surface area contributed by atoms with Crippen molar-refractivity contribution in [1.82, 2.24) is 4.90 Å². The molecular formula is C20H24N2S. The van der Waals surface area contributed by atoms with Crippen LogP contribution in [0.5, 0.6) is 0 Å². The molecule has 0 aliphatic heterocycles. The molecule has 2 aromatic carbocycles. The van der Waals surface area contributed by atoms with Gasteiger partial charge in [-0.25, -0.2) is 0 Å². The molecule has 0 heterocycles. The van der Waals surface area contributed by atoms with Gasteiger partial charge in [0.05, 0.1) is 0 Å². The number of thiocarbonyl (C=S) groups is 1. The van der Waals surface area contributed by atoms with Crippen molar-refractivity contribution in [3.63, 3.8) is 0 Å². The van der Waals surface area contributed by atoms with E-state index in [1.807, 2.05) is 6.07 Å². The number of nitrogens with one attached hydrogen (secondary N) is 1. The van der Waals surface area contributed by atoms with E-state index in [2.05, 4.69) is 72.6 Å². The fraction of sp³-hybridized carbons (Fsp3) is 0.350. The monoisotopic (exact) mass is 324 g/mol. The molecular weight excluding hydrogens is 300 g/mol. The minimum absolute atomic E-state index is 0.472. The van der Waals surface area contributed by atoms with E-state index in [1.54, 1.807) is 0 Å². The first-order valence-corrected chi connectivity index (χ1v) is 8.73. The zero-order valence-electron chi connectivity index (χ0n) is 13.8. The molecule has 1 saturated carbocycles. The molecule has 3 rings (SSSR count). The normalized spacial score (nSPS) is 15.0. The maximum Gasteiger partial charge on any atom is 0.173 e. The molecule has 1 N–H and O–H groups in total. The topological polar surface area (TPSA) is 15.3 Å². The van der Waals surface area contributed by atoms with Crippen molar-refractivity contribution in [3.05, 3.63) is 65.7 Å². The van der Waals surface area contributed by atoms with Crippen LogP contribution in [-0.2, 0) is 6.54 Å². The second-order valence-electron chi connectivity index (χ2n) is 6.44. The van der Waals surface area contributed by atoms with E-state index in [0.717, 1.165) is 23.3 Å². The van der Waals surface area contributed by atoms with Crippen LogP contribution in [0.25, 0.3) is 0 Å². The highest BCUT2D eigenvalue weighted by Crippen LogP contribution is 2.36. The van der Waals surface area contributed by atoms with Gasteiger partial charge in [-0.2, -0.15) is 0 Å². The summed E-state index contributed by atoms with van der Waals surface area (Å²) in [6.45, 7) is 5.26. The highest BCUT2D eigenvalue weighted by atomic mass is 32.1. The Kier molecular flexibility index (Phi) is 4.97. The number of hydrogen-bond donors (Lipinski definition) is 1.